The highest BCUT2D eigenvalue weighted by Gasteiger charge is 2.19. The van der Waals surface area contributed by atoms with E-state index in [1.165, 1.54) is 11.3 Å². The largest absolute Gasteiger partial charge is 0.217 e. The Morgan fingerprint density at radius 1 is 1.00 bits per heavy atom. The Labute approximate surface area is 132 Å². The van der Waals surface area contributed by atoms with E-state index in [4.69, 9.17) is 0 Å². The Morgan fingerprint density at radius 3 is 2.41 bits per heavy atom. The highest BCUT2D eigenvalue weighted by molar-refractivity contribution is 6.77. The minimum Gasteiger partial charge on any atom is -0.217 e. The van der Waals surface area contributed by atoms with Crippen molar-refractivity contribution in [1.82, 2.24) is 15.0 Å². The fraction of sp³-hybridized carbons (Fsp3) is 0.222. The van der Waals surface area contributed by atoms with Crippen LogP contribution in [0.4, 0.5) is 0 Å². The molecular formula is C18H21N3Si. The molecule has 0 atom stereocenters. The quantitative estimate of drug-likeness (QED) is 0.650. The van der Waals surface area contributed by atoms with Crippen LogP contribution in [0.2, 0.25) is 25.7 Å². The molecule has 0 saturated carbocycles. The van der Waals surface area contributed by atoms with Crippen LogP contribution in [0.3, 0.4) is 0 Å². The van der Waals surface area contributed by atoms with Gasteiger partial charge in [0.1, 0.15) is 5.52 Å². The molecule has 0 aliphatic carbocycles. The van der Waals surface area contributed by atoms with Gasteiger partial charge in [0.15, 0.2) is 0 Å². The van der Waals surface area contributed by atoms with Crippen molar-refractivity contribution in [2.24, 2.45) is 0 Å². The van der Waals surface area contributed by atoms with Crippen molar-refractivity contribution < 1.29 is 0 Å². The average molecular weight is 307 g/mol. The summed E-state index contributed by atoms with van der Waals surface area (Å²) in [6.07, 6.45) is 2.24. The molecule has 0 bridgehead atoms. The van der Waals surface area contributed by atoms with E-state index in [0.29, 0.717) is 0 Å². The fourth-order valence-corrected chi connectivity index (χ4v) is 3.89. The molecule has 0 spiro atoms. The number of aromatic nitrogens is 3. The Balaban J connectivity index is 2.11. The van der Waals surface area contributed by atoms with Crippen molar-refractivity contribution in [1.29, 1.82) is 0 Å². The van der Waals surface area contributed by atoms with Gasteiger partial charge in [0, 0.05) is 5.70 Å². The van der Waals surface area contributed by atoms with E-state index in [9.17, 15) is 0 Å². The smallest absolute Gasteiger partial charge is 0.113 e. The lowest BCUT2D eigenvalue weighted by Crippen LogP contribution is -2.21. The summed E-state index contributed by atoms with van der Waals surface area (Å²) in [4.78, 5) is 0. The molecule has 2 aromatic carbocycles. The maximum atomic E-state index is 4.40. The number of rotatable bonds is 4. The van der Waals surface area contributed by atoms with Gasteiger partial charge in [0.2, 0.25) is 0 Å². The zero-order valence-electron chi connectivity index (χ0n) is 13.3. The van der Waals surface area contributed by atoms with Gasteiger partial charge >= 0.3 is 0 Å². The summed E-state index contributed by atoms with van der Waals surface area (Å²) in [5.74, 6) is 0. The van der Waals surface area contributed by atoms with Crippen LogP contribution in [0.15, 0.2) is 54.6 Å². The van der Waals surface area contributed by atoms with Crippen LogP contribution in [-0.4, -0.2) is 23.1 Å². The molecule has 0 unspecified atom stereocenters. The van der Waals surface area contributed by atoms with E-state index in [0.717, 1.165) is 17.1 Å². The highest BCUT2D eigenvalue weighted by atomic mass is 28.3. The van der Waals surface area contributed by atoms with E-state index in [2.05, 4.69) is 66.4 Å². The second kappa shape index (κ2) is 5.89. The maximum Gasteiger partial charge on any atom is 0.113 e. The molecular weight excluding hydrogens is 286 g/mol. The molecule has 0 fully saturated rings. The van der Waals surface area contributed by atoms with Crippen LogP contribution in [0, 0.1) is 0 Å². The van der Waals surface area contributed by atoms with Crippen LogP contribution < -0.4 is 0 Å². The lowest BCUT2D eigenvalue weighted by Gasteiger charge is -2.18. The van der Waals surface area contributed by atoms with Gasteiger partial charge < -0.3 is 0 Å². The first-order valence-corrected chi connectivity index (χ1v) is 11.3. The molecule has 1 heterocycles. The van der Waals surface area contributed by atoms with Crippen LogP contribution >= 0.6 is 0 Å². The monoisotopic (exact) mass is 307 g/mol. The zero-order valence-corrected chi connectivity index (χ0v) is 14.3. The van der Waals surface area contributed by atoms with Crippen molar-refractivity contribution in [3.05, 3.63) is 60.2 Å². The third kappa shape index (κ3) is 3.34. The summed E-state index contributed by atoms with van der Waals surface area (Å²) in [6.45, 7) is 7.14. The molecule has 0 N–H and O–H groups in total. The Morgan fingerprint density at radius 2 is 1.68 bits per heavy atom. The summed E-state index contributed by atoms with van der Waals surface area (Å²) in [7, 11) is -1.27. The van der Waals surface area contributed by atoms with Gasteiger partial charge in [-0.15, -0.1) is 5.10 Å². The molecule has 4 heteroatoms. The minimum absolute atomic E-state index is 0.942. The van der Waals surface area contributed by atoms with Crippen molar-refractivity contribution in [2.45, 2.75) is 25.7 Å². The molecule has 0 saturated heterocycles. The SMILES string of the molecule is C[Si](C)(C)CC(=Cc1ccccc1)n1nnc2ccccc21. The summed E-state index contributed by atoms with van der Waals surface area (Å²) in [5.41, 5.74) is 4.44. The van der Waals surface area contributed by atoms with Crippen LogP contribution in [-0.2, 0) is 0 Å². The van der Waals surface area contributed by atoms with Gasteiger partial charge in [-0.2, -0.15) is 0 Å². The van der Waals surface area contributed by atoms with E-state index in [-0.39, 0.29) is 0 Å². The predicted molar refractivity (Wildman–Crippen MR) is 96.3 cm³/mol. The maximum absolute atomic E-state index is 4.40. The number of allylic oxidation sites excluding steroid dienone is 1. The zero-order chi connectivity index (χ0) is 15.6. The van der Waals surface area contributed by atoms with Crippen LogP contribution in [0.5, 0.6) is 0 Å². The molecule has 3 aromatic rings. The van der Waals surface area contributed by atoms with Crippen LogP contribution in [0.1, 0.15) is 5.56 Å². The Kier molecular flexibility index (Phi) is 3.94. The first kappa shape index (κ1) is 14.7. The summed E-state index contributed by atoms with van der Waals surface area (Å²) in [6, 6.07) is 19.6. The van der Waals surface area contributed by atoms with Gasteiger partial charge in [-0.1, -0.05) is 67.3 Å². The molecule has 3 nitrogen and oxygen atoms in total. The molecule has 1 aromatic heterocycles. The van der Waals surface area contributed by atoms with Crippen molar-refractivity contribution in [2.75, 3.05) is 0 Å². The number of hydrogen-bond donors (Lipinski definition) is 0. The molecule has 112 valence electrons. The first-order valence-electron chi connectivity index (χ1n) is 7.59. The lowest BCUT2D eigenvalue weighted by molar-refractivity contribution is 0.836. The van der Waals surface area contributed by atoms with Crippen molar-refractivity contribution in [3.63, 3.8) is 0 Å². The van der Waals surface area contributed by atoms with Gasteiger partial charge in [-0.25, -0.2) is 4.68 Å². The average Bonchev–Trinajstić information content (AvgIpc) is 2.90. The number of nitrogens with zero attached hydrogens (tertiary/aromatic N) is 3. The fourth-order valence-electron chi connectivity index (χ4n) is 2.55. The Hall–Kier alpha value is -2.20. The Bertz CT molecular complexity index is 798. The predicted octanol–water partition coefficient (Wildman–Crippen LogP) is 4.77. The number of hydrogen-bond acceptors (Lipinski definition) is 2. The second-order valence-corrected chi connectivity index (χ2v) is 12.2. The molecule has 3 rings (SSSR count). The van der Waals surface area contributed by atoms with E-state index >= 15 is 0 Å². The van der Waals surface area contributed by atoms with Gasteiger partial charge in [-0.05, 0) is 29.8 Å². The molecule has 0 aliphatic heterocycles. The van der Waals surface area contributed by atoms with Crippen molar-refractivity contribution >= 4 is 30.9 Å². The van der Waals surface area contributed by atoms with Gasteiger partial charge in [0.25, 0.3) is 0 Å². The van der Waals surface area contributed by atoms with Crippen molar-refractivity contribution in [3.8, 4) is 0 Å². The van der Waals surface area contributed by atoms with Crippen LogP contribution in [0.25, 0.3) is 22.8 Å². The first-order chi connectivity index (χ1) is 10.5. The topological polar surface area (TPSA) is 30.7 Å². The van der Waals surface area contributed by atoms with E-state index in [1.807, 2.05) is 28.9 Å². The standard InChI is InChI=1S/C18H21N3Si/c1-22(2,3)14-16(13-15-9-5-4-6-10-15)21-18-12-8-7-11-17(18)19-20-21/h4-13H,14H2,1-3H3. The van der Waals surface area contributed by atoms with E-state index in [1.54, 1.807) is 0 Å². The molecule has 0 radical (unpaired) electrons. The van der Waals surface area contributed by atoms with Gasteiger partial charge in [0.05, 0.1) is 13.6 Å². The summed E-state index contributed by atoms with van der Waals surface area (Å²) >= 11 is 0. The summed E-state index contributed by atoms with van der Waals surface area (Å²) in [5, 5.41) is 8.70. The number of para-hydroxylation sites is 1. The van der Waals surface area contributed by atoms with E-state index < -0.39 is 8.07 Å². The molecule has 0 amide bonds. The third-order valence-electron chi connectivity index (χ3n) is 3.47. The minimum atomic E-state index is -1.27. The number of benzene rings is 2. The number of fused-ring (bicyclic) bond motifs is 1. The molecule has 22 heavy (non-hydrogen) atoms. The van der Waals surface area contributed by atoms with Gasteiger partial charge in [-0.3, -0.25) is 0 Å². The highest BCUT2D eigenvalue weighted by Crippen LogP contribution is 2.25. The normalized spacial score (nSPS) is 12.8. The summed E-state index contributed by atoms with van der Waals surface area (Å²) < 4.78 is 2.00. The lowest BCUT2D eigenvalue weighted by atomic mass is 10.2. The second-order valence-electron chi connectivity index (χ2n) is 6.77. The third-order valence-corrected chi connectivity index (χ3v) is 4.89. The molecule has 0 aliphatic rings.